The fraction of sp³-hybridized carbons (Fsp3) is 0.320. The van der Waals surface area contributed by atoms with Gasteiger partial charge in [0.1, 0.15) is 10.9 Å². The molecule has 178 valence electrons. The Morgan fingerprint density at radius 2 is 1.71 bits per heavy atom. The van der Waals surface area contributed by atoms with Crippen LogP contribution in [-0.4, -0.2) is 40.4 Å². The summed E-state index contributed by atoms with van der Waals surface area (Å²) >= 11 is 18.4. The first kappa shape index (κ1) is 24.7. The molecule has 0 unspecified atom stereocenters. The SMILES string of the molecule is CC(=O)NCC1CCN(Cc2cc(Oc3cnc(Cl)cn3)cc(-c3cc(Cl)cc(Cl)c3)c2)CC1. The van der Waals surface area contributed by atoms with Crippen LogP contribution in [-0.2, 0) is 11.3 Å². The van der Waals surface area contributed by atoms with Crippen LogP contribution in [0.3, 0.4) is 0 Å². The molecular formula is C25H25Cl3N4O2. The molecule has 1 aromatic heterocycles. The summed E-state index contributed by atoms with van der Waals surface area (Å²) < 4.78 is 6.00. The van der Waals surface area contributed by atoms with Gasteiger partial charge in [-0.3, -0.25) is 9.69 Å². The van der Waals surface area contributed by atoms with Crippen LogP contribution < -0.4 is 10.1 Å². The molecule has 1 saturated heterocycles. The highest BCUT2D eigenvalue weighted by molar-refractivity contribution is 6.35. The van der Waals surface area contributed by atoms with E-state index in [9.17, 15) is 4.79 Å². The van der Waals surface area contributed by atoms with Gasteiger partial charge in [0.15, 0.2) is 0 Å². The molecule has 0 saturated carbocycles. The van der Waals surface area contributed by atoms with Crippen molar-refractivity contribution in [2.45, 2.75) is 26.3 Å². The summed E-state index contributed by atoms with van der Waals surface area (Å²) in [4.78, 5) is 21.8. The topological polar surface area (TPSA) is 67.4 Å². The zero-order chi connectivity index (χ0) is 24.1. The van der Waals surface area contributed by atoms with E-state index in [1.54, 1.807) is 13.0 Å². The van der Waals surface area contributed by atoms with Crippen LogP contribution in [0.5, 0.6) is 11.6 Å². The van der Waals surface area contributed by atoms with Crippen molar-refractivity contribution in [1.82, 2.24) is 20.2 Å². The largest absolute Gasteiger partial charge is 0.437 e. The Morgan fingerprint density at radius 1 is 1.00 bits per heavy atom. The summed E-state index contributed by atoms with van der Waals surface area (Å²) in [5, 5.41) is 4.38. The van der Waals surface area contributed by atoms with E-state index in [0.29, 0.717) is 32.7 Å². The highest BCUT2D eigenvalue weighted by Crippen LogP contribution is 2.33. The van der Waals surface area contributed by atoms with Crippen molar-refractivity contribution in [1.29, 1.82) is 0 Å². The van der Waals surface area contributed by atoms with E-state index in [0.717, 1.165) is 55.7 Å². The van der Waals surface area contributed by atoms with E-state index in [2.05, 4.69) is 26.3 Å². The smallest absolute Gasteiger partial charge is 0.237 e. The molecule has 1 aliphatic rings. The average molecular weight is 520 g/mol. The van der Waals surface area contributed by atoms with E-state index in [1.807, 2.05) is 24.3 Å². The molecule has 1 N–H and O–H groups in total. The molecule has 1 fully saturated rings. The number of halogens is 3. The molecule has 0 radical (unpaired) electrons. The van der Waals surface area contributed by atoms with E-state index in [4.69, 9.17) is 39.5 Å². The molecule has 9 heteroatoms. The predicted molar refractivity (Wildman–Crippen MR) is 136 cm³/mol. The Labute approximate surface area is 214 Å². The molecule has 0 atom stereocenters. The normalized spacial score (nSPS) is 14.7. The van der Waals surface area contributed by atoms with Gasteiger partial charge in [0.25, 0.3) is 0 Å². The van der Waals surface area contributed by atoms with Crippen molar-refractivity contribution < 1.29 is 9.53 Å². The van der Waals surface area contributed by atoms with E-state index in [-0.39, 0.29) is 5.91 Å². The third-order valence-corrected chi connectivity index (χ3v) is 6.37. The molecular weight excluding hydrogens is 495 g/mol. The number of nitrogens with one attached hydrogen (secondary N) is 1. The van der Waals surface area contributed by atoms with Gasteiger partial charge in [-0.25, -0.2) is 9.97 Å². The van der Waals surface area contributed by atoms with Gasteiger partial charge in [-0.1, -0.05) is 34.8 Å². The van der Waals surface area contributed by atoms with Gasteiger partial charge in [-0.2, -0.15) is 0 Å². The van der Waals surface area contributed by atoms with Crippen LogP contribution in [0.4, 0.5) is 0 Å². The minimum atomic E-state index is 0.0262. The molecule has 1 aliphatic heterocycles. The predicted octanol–water partition coefficient (Wildman–Crippen LogP) is 6.24. The number of benzene rings is 2. The van der Waals surface area contributed by atoms with Gasteiger partial charge in [-0.05, 0) is 84.9 Å². The zero-order valence-electron chi connectivity index (χ0n) is 18.7. The van der Waals surface area contributed by atoms with E-state index >= 15 is 0 Å². The van der Waals surface area contributed by atoms with Gasteiger partial charge in [0.05, 0.1) is 12.4 Å². The van der Waals surface area contributed by atoms with Gasteiger partial charge in [0.2, 0.25) is 11.8 Å². The van der Waals surface area contributed by atoms with Crippen molar-refractivity contribution in [3.63, 3.8) is 0 Å². The second-order valence-electron chi connectivity index (χ2n) is 8.46. The number of nitrogens with zero attached hydrogens (tertiary/aromatic N) is 3. The first-order valence-electron chi connectivity index (χ1n) is 11.1. The lowest BCUT2D eigenvalue weighted by molar-refractivity contribution is -0.119. The maximum Gasteiger partial charge on any atom is 0.237 e. The number of hydrogen-bond acceptors (Lipinski definition) is 5. The first-order valence-corrected chi connectivity index (χ1v) is 12.2. The maximum absolute atomic E-state index is 11.2. The lowest BCUT2D eigenvalue weighted by atomic mass is 9.96. The van der Waals surface area contributed by atoms with Crippen LogP contribution in [0.15, 0.2) is 48.8 Å². The summed E-state index contributed by atoms with van der Waals surface area (Å²) in [7, 11) is 0. The Bertz CT molecular complexity index is 1130. The highest BCUT2D eigenvalue weighted by Gasteiger charge is 2.20. The summed E-state index contributed by atoms with van der Waals surface area (Å²) in [6.45, 7) is 5.02. The summed E-state index contributed by atoms with van der Waals surface area (Å²) in [6, 6.07) is 11.5. The maximum atomic E-state index is 11.2. The van der Waals surface area contributed by atoms with Crippen LogP contribution >= 0.6 is 34.8 Å². The molecule has 34 heavy (non-hydrogen) atoms. The van der Waals surface area contributed by atoms with Crippen molar-refractivity contribution in [2.75, 3.05) is 19.6 Å². The van der Waals surface area contributed by atoms with Crippen molar-refractivity contribution >= 4 is 40.7 Å². The van der Waals surface area contributed by atoms with Gasteiger partial charge in [-0.15, -0.1) is 0 Å². The molecule has 0 bridgehead atoms. The quantitative estimate of drug-likeness (QED) is 0.400. The average Bonchev–Trinajstić information content (AvgIpc) is 2.79. The fourth-order valence-corrected chi connectivity index (χ4v) is 4.69. The Hall–Kier alpha value is -2.38. The Morgan fingerprint density at radius 3 is 2.35 bits per heavy atom. The lowest BCUT2D eigenvalue weighted by Gasteiger charge is -2.32. The second kappa shape index (κ2) is 11.4. The summed E-state index contributed by atoms with van der Waals surface area (Å²) in [5.41, 5.74) is 2.95. The molecule has 0 aliphatic carbocycles. The molecule has 0 spiro atoms. The Kier molecular flexibility index (Phi) is 8.27. The van der Waals surface area contributed by atoms with E-state index < -0.39 is 0 Å². The van der Waals surface area contributed by atoms with Crippen molar-refractivity contribution in [3.8, 4) is 22.8 Å². The zero-order valence-corrected chi connectivity index (χ0v) is 21.0. The molecule has 6 nitrogen and oxygen atoms in total. The van der Waals surface area contributed by atoms with Gasteiger partial charge in [0, 0.05) is 30.1 Å². The number of carbonyl (C=O) groups is 1. The first-order chi connectivity index (χ1) is 16.3. The molecule has 1 amide bonds. The second-order valence-corrected chi connectivity index (χ2v) is 9.72. The van der Waals surface area contributed by atoms with Gasteiger partial charge < -0.3 is 10.1 Å². The number of hydrogen-bond donors (Lipinski definition) is 1. The molecule has 2 heterocycles. The van der Waals surface area contributed by atoms with Crippen molar-refractivity contribution in [2.24, 2.45) is 5.92 Å². The monoisotopic (exact) mass is 518 g/mol. The van der Waals surface area contributed by atoms with Crippen LogP contribution in [0.1, 0.15) is 25.3 Å². The third-order valence-electron chi connectivity index (χ3n) is 5.73. The summed E-state index contributed by atoms with van der Waals surface area (Å²) in [5.74, 6) is 1.54. The number of carbonyl (C=O) groups excluding carboxylic acids is 1. The number of ether oxygens (including phenoxy) is 1. The molecule has 3 aromatic rings. The van der Waals surface area contributed by atoms with Crippen molar-refractivity contribution in [3.05, 3.63) is 69.6 Å². The van der Waals surface area contributed by atoms with Crippen LogP contribution in [0.25, 0.3) is 11.1 Å². The number of rotatable bonds is 7. The minimum absolute atomic E-state index is 0.0262. The minimum Gasteiger partial charge on any atom is -0.437 e. The lowest BCUT2D eigenvalue weighted by Crippen LogP contribution is -2.37. The molecule has 2 aromatic carbocycles. The highest BCUT2D eigenvalue weighted by atomic mass is 35.5. The number of piperidine rings is 1. The number of aromatic nitrogens is 2. The van der Waals surface area contributed by atoms with Crippen LogP contribution in [0.2, 0.25) is 15.2 Å². The third kappa shape index (κ3) is 7.06. The number of likely N-dealkylation sites (tertiary alicyclic amines) is 1. The standard InChI is InChI=1S/C25H25Cl3N4O2/c1-16(33)29-12-17-2-4-32(5-3-17)15-18-6-19(20-8-21(26)11-22(27)9-20)10-23(7-18)34-25-14-30-24(28)13-31-25/h6-11,13-14,17H,2-5,12,15H2,1H3,(H,29,33). The summed E-state index contributed by atoms with van der Waals surface area (Å²) in [6.07, 6.45) is 5.04. The fourth-order valence-electron chi connectivity index (χ4n) is 4.07. The molecule has 4 rings (SSSR count). The van der Waals surface area contributed by atoms with Gasteiger partial charge >= 0.3 is 0 Å². The Balaban J connectivity index is 1.54. The van der Waals surface area contributed by atoms with E-state index in [1.165, 1.54) is 12.4 Å². The number of amides is 1. The van der Waals surface area contributed by atoms with Crippen LogP contribution in [0, 0.1) is 5.92 Å².